The van der Waals surface area contributed by atoms with Crippen LogP contribution in [-0.2, 0) is 20.9 Å². The third kappa shape index (κ3) is 6.59. The topological polar surface area (TPSA) is 169 Å². The minimum atomic E-state index is -1.50. The number of para-hydroxylation sites is 2. The summed E-state index contributed by atoms with van der Waals surface area (Å²) in [6, 6.07) is 9.09. The molecule has 0 bridgehead atoms. The van der Waals surface area contributed by atoms with Crippen molar-refractivity contribution < 1.29 is 29.0 Å². The molecule has 0 radical (unpaired) electrons. The van der Waals surface area contributed by atoms with Crippen molar-refractivity contribution >= 4 is 46.1 Å². The van der Waals surface area contributed by atoms with Gasteiger partial charge in [0.15, 0.2) is 0 Å². The standard InChI is InChI=1S/C36H41N7O6S/c1-7-21-17-36(21,34(47)48)40-31(45)26-16-22(49-32-28(27-14-11-15-50-27)37-24-12-9-10-13-25(24)38-32)18-43(26)33(46)29(35(4,5)6)39-30(44)23-19-42(8-2)41-20(23)3/h7,9-15,19,21-22,26,29H,1,8,16-18H2,2-6H3,(H,39,44)(H,40,45)(H,47,48)/t21-,22-,26+,29-,36?/m1/s1. The van der Waals surface area contributed by atoms with Gasteiger partial charge in [0.2, 0.25) is 17.7 Å². The number of ether oxygens (including phenoxy) is 1. The van der Waals surface area contributed by atoms with E-state index in [1.807, 2.05) is 69.5 Å². The van der Waals surface area contributed by atoms with E-state index in [-0.39, 0.29) is 25.3 Å². The van der Waals surface area contributed by atoms with E-state index in [9.17, 15) is 24.3 Å². The van der Waals surface area contributed by atoms with E-state index in [1.165, 1.54) is 22.3 Å². The molecule has 13 nitrogen and oxygen atoms in total. The van der Waals surface area contributed by atoms with Crippen LogP contribution in [0, 0.1) is 18.3 Å². The Balaban J connectivity index is 1.33. The summed E-state index contributed by atoms with van der Waals surface area (Å²) in [5.41, 5.74) is 0.426. The van der Waals surface area contributed by atoms with Crippen LogP contribution in [0.2, 0.25) is 0 Å². The van der Waals surface area contributed by atoms with E-state index < -0.39 is 58.8 Å². The van der Waals surface area contributed by atoms with Gasteiger partial charge in [-0.1, -0.05) is 45.0 Å². The molecule has 50 heavy (non-hydrogen) atoms. The fourth-order valence-electron chi connectivity index (χ4n) is 6.42. The van der Waals surface area contributed by atoms with Gasteiger partial charge in [-0.15, -0.1) is 17.9 Å². The van der Waals surface area contributed by atoms with Gasteiger partial charge in [0.1, 0.15) is 29.4 Å². The molecule has 262 valence electrons. The minimum Gasteiger partial charge on any atom is -0.479 e. The van der Waals surface area contributed by atoms with Gasteiger partial charge in [-0.3, -0.25) is 19.1 Å². The summed E-state index contributed by atoms with van der Waals surface area (Å²) in [5.74, 6) is -2.96. The Bertz CT molecular complexity index is 1970. The number of carboxylic acid groups (broad SMARTS) is 1. The zero-order valence-electron chi connectivity index (χ0n) is 28.7. The number of benzene rings is 1. The maximum atomic E-state index is 14.6. The molecule has 1 aliphatic heterocycles. The summed E-state index contributed by atoms with van der Waals surface area (Å²) in [7, 11) is 0. The Morgan fingerprint density at radius 2 is 1.88 bits per heavy atom. The summed E-state index contributed by atoms with van der Waals surface area (Å²) >= 11 is 1.48. The first-order chi connectivity index (χ1) is 23.7. The lowest BCUT2D eigenvalue weighted by Gasteiger charge is -2.35. The fourth-order valence-corrected chi connectivity index (χ4v) is 7.12. The molecule has 5 atom stereocenters. The van der Waals surface area contributed by atoms with Gasteiger partial charge < -0.3 is 25.4 Å². The lowest BCUT2D eigenvalue weighted by atomic mass is 9.85. The van der Waals surface area contributed by atoms with Gasteiger partial charge in [0.05, 0.1) is 33.7 Å². The second-order valence-corrected chi connectivity index (χ2v) is 14.8. The highest BCUT2D eigenvalue weighted by molar-refractivity contribution is 7.13. The van der Waals surface area contributed by atoms with Crippen LogP contribution in [0.25, 0.3) is 21.6 Å². The predicted octanol–water partition coefficient (Wildman–Crippen LogP) is 4.22. The maximum absolute atomic E-state index is 14.6. The van der Waals surface area contributed by atoms with Crippen LogP contribution in [0.1, 0.15) is 56.6 Å². The van der Waals surface area contributed by atoms with Crippen molar-refractivity contribution in [2.45, 2.75) is 77.7 Å². The molecule has 2 fully saturated rings. The first-order valence-electron chi connectivity index (χ1n) is 16.6. The smallest absolute Gasteiger partial charge is 0.330 e. The molecule has 2 aliphatic rings. The number of aliphatic carboxylic acids is 1. The number of aromatic nitrogens is 4. The Morgan fingerprint density at radius 3 is 2.46 bits per heavy atom. The molecule has 1 unspecified atom stereocenters. The van der Waals surface area contributed by atoms with E-state index in [4.69, 9.17) is 14.7 Å². The number of likely N-dealkylation sites (tertiary alicyclic amines) is 1. The number of carbonyl (C=O) groups excluding carboxylic acids is 3. The number of fused-ring (bicyclic) bond motifs is 1. The molecule has 3 N–H and O–H groups in total. The first-order valence-corrected chi connectivity index (χ1v) is 17.4. The van der Waals surface area contributed by atoms with Gasteiger partial charge in [-0.05, 0) is 49.3 Å². The van der Waals surface area contributed by atoms with Crippen molar-refractivity contribution in [3.05, 3.63) is 71.9 Å². The highest BCUT2D eigenvalue weighted by Gasteiger charge is 2.61. The molecule has 6 rings (SSSR count). The van der Waals surface area contributed by atoms with Crippen molar-refractivity contribution in [1.82, 2.24) is 35.3 Å². The molecule has 1 aromatic carbocycles. The Hall–Kier alpha value is -5.11. The molecule has 4 heterocycles. The Morgan fingerprint density at radius 1 is 1.16 bits per heavy atom. The average Bonchev–Trinajstić information content (AvgIpc) is 3.47. The predicted molar refractivity (Wildman–Crippen MR) is 188 cm³/mol. The Kier molecular flexibility index (Phi) is 9.25. The minimum absolute atomic E-state index is 0.0183. The van der Waals surface area contributed by atoms with Crippen LogP contribution in [0.15, 0.2) is 60.6 Å². The van der Waals surface area contributed by atoms with E-state index >= 15 is 0 Å². The van der Waals surface area contributed by atoms with E-state index in [1.54, 1.807) is 17.8 Å². The average molecular weight is 700 g/mol. The van der Waals surface area contributed by atoms with Crippen LogP contribution in [-0.4, -0.2) is 83.7 Å². The number of hydrogen-bond donors (Lipinski definition) is 3. The lowest BCUT2D eigenvalue weighted by molar-refractivity contribution is -0.146. The molecule has 0 spiro atoms. The number of nitrogens with one attached hydrogen (secondary N) is 2. The summed E-state index contributed by atoms with van der Waals surface area (Å²) in [6.07, 6.45) is 2.69. The summed E-state index contributed by atoms with van der Waals surface area (Å²) in [6.45, 7) is 13.4. The monoisotopic (exact) mass is 699 g/mol. The number of amides is 3. The number of carboxylic acids is 1. The molecular formula is C36H41N7O6S. The third-order valence-corrected chi connectivity index (χ3v) is 10.2. The highest BCUT2D eigenvalue weighted by atomic mass is 32.1. The number of carbonyl (C=O) groups is 4. The largest absolute Gasteiger partial charge is 0.479 e. The van der Waals surface area contributed by atoms with Gasteiger partial charge in [-0.25, -0.2) is 14.8 Å². The number of rotatable bonds is 11. The lowest BCUT2D eigenvalue weighted by Crippen LogP contribution is -2.59. The van der Waals surface area contributed by atoms with Gasteiger partial charge in [0.25, 0.3) is 5.91 Å². The van der Waals surface area contributed by atoms with Gasteiger partial charge in [0, 0.05) is 25.1 Å². The molecule has 3 amide bonds. The molecular weight excluding hydrogens is 659 g/mol. The van der Waals surface area contributed by atoms with Crippen LogP contribution in [0.3, 0.4) is 0 Å². The SMILES string of the molecule is C=C[C@@H]1CC1(NC(=O)[C@@H]1C[C@@H](Oc2nc3ccccc3nc2-c2cccs2)CN1C(=O)[C@@H](NC(=O)c1cn(CC)nc1C)C(C)(C)C)C(=O)O. The molecule has 1 saturated carbocycles. The summed E-state index contributed by atoms with van der Waals surface area (Å²) < 4.78 is 8.16. The second-order valence-electron chi connectivity index (χ2n) is 13.9. The summed E-state index contributed by atoms with van der Waals surface area (Å²) in [4.78, 5) is 66.3. The summed E-state index contributed by atoms with van der Waals surface area (Å²) in [5, 5.41) is 21.9. The maximum Gasteiger partial charge on any atom is 0.330 e. The quantitative estimate of drug-likeness (QED) is 0.194. The van der Waals surface area contributed by atoms with Crippen molar-refractivity contribution in [1.29, 1.82) is 0 Å². The first kappa shape index (κ1) is 34.7. The zero-order chi connectivity index (χ0) is 36.0. The third-order valence-electron chi connectivity index (χ3n) is 9.35. The fraction of sp³-hybridized carbons (Fsp3) is 0.417. The second kappa shape index (κ2) is 13.3. The molecule has 1 aliphatic carbocycles. The van der Waals surface area contributed by atoms with Crippen molar-refractivity contribution in [2.24, 2.45) is 11.3 Å². The number of hydrogen-bond acceptors (Lipinski definition) is 9. The molecule has 1 saturated heterocycles. The number of nitrogens with zero attached hydrogens (tertiary/aromatic N) is 5. The van der Waals surface area contributed by atoms with Crippen molar-refractivity contribution in [3.8, 4) is 16.5 Å². The number of thiophene rings is 1. The van der Waals surface area contributed by atoms with Gasteiger partial charge >= 0.3 is 5.97 Å². The number of aryl methyl sites for hydroxylation is 2. The van der Waals surface area contributed by atoms with E-state index in [0.717, 1.165) is 4.88 Å². The molecule has 3 aromatic heterocycles. The van der Waals surface area contributed by atoms with Crippen molar-refractivity contribution in [3.63, 3.8) is 0 Å². The van der Waals surface area contributed by atoms with Crippen LogP contribution in [0.4, 0.5) is 0 Å². The van der Waals surface area contributed by atoms with Crippen molar-refractivity contribution in [2.75, 3.05) is 6.54 Å². The zero-order valence-corrected chi connectivity index (χ0v) is 29.5. The van der Waals surface area contributed by atoms with E-state index in [0.29, 0.717) is 34.5 Å². The molecule has 14 heteroatoms. The normalized spacial score (nSPS) is 22.2. The van der Waals surface area contributed by atoms with Crippen LogP contribution >= 0.6 is 11.3 Å². The van der Waals surface area contributed by atoms with Gasteiger partial charge in [-0.2, -0.15) is 5.10 Å². The van der Waals surface area contributed by atoms with Crippen LogP contribution < -0.4 is 15.4 Å². The molecule has 4 aromatic rings. The van der Waals surface area contributed by atoms with Crippen LogP contribution in [0.5, 0.6) is 5.88 Å². The Labute approximate surface area is 293 Å². The van der Waals surface area contributed by atoms with E-state index in [2.05, 4.69) is 22.3 Å². The highest BCUT2D eigenvalue weighted by Crippen LogP contribution is 2.45.